The van der Waals surface area contributed by atoms with Crippen molar-refractivity contribution < 1.29 is 9.53 Å². The molecule has 3 nitrogen and oxygen atoms in total. The lowest BCUT2D eigenvalue weighted by molar-refractivity contribution is -0.116. The van der Waals surface area contributed by atoms with Crippen molar-refractivity contribution in [3.05, 3.63) is 58.1 Å². The van der Waals surface area contributed by atoms with E-state index in [0.717, 1.165) is 27.0 Å². The summed E-state index contributed by atoms with van der Waals surface area (Å²) in [5, 5.41) is 2.92. The molecule has 2 aromatic carbocycles. The molecule has 21 heavy (non-hydrogen) atoms. The first-order chi connectivity index (χ1) is 10.0. The highest BCUT2D eigenvalue weighted by atomic mass is 79.9. The number of amides is 1. The molecule has 0 aliphatic heterocycles. The number of carbonyl (C=O) groups is 1. The predicted octanol–water partition coefficient (Wildman–Crippen LogP) is 4.47. The molecule has 0 aromatic heterocycles. The molecule has 110 valence electrons. The number of rotatable bonds is 5. The molecule has 0 radical (unpaired) electrons. The molecule has 0 fully saturated rings. The van der Waals surface area contributed by atoms with Crippen molar-refractivity contribution in [3.63, 3.8) is 0 Å². The van der Waals surface area contributed by atoms with Crippen molar-refractivity contribution in [2.24, 2.45) is 0 Å². The third-order valence-electron chi connectivity index (χ3n) is 3.06. The normalized spacial score (nSPS) is 10.2. The van der Waals surface area contributed by atoms with Crippen molar-refractivity contribution in [2.45, 2.75) is 20.3 Å². The number of halogens is 1. The molecule has 0 aliphatic rings. The minimum atomic E-state index is -0.0429. The Morgan fingerprint density at radius 3 is 2.76 bits per heavy atom. The summed E-state index contributed by atoms with van der Waals surface area (Å²) in [4.78, 5) is 11.9. The van der Waals surface area contributed by atoms with E-state index in [0.29, 0.717) is 13.0 Å². The number of hydrogen-bond donors (Lipinski definition) is 1. The summed E-state index contributed by atoms with van der Waals surface area (Å²) in [6, 6.07) is 13.6. The Morgan fingerprint density at radius 2 is 2.00 bits per heavy atom. The van der Waals surface area contributed by atoms with Crippen molar-refractivity contribution in [3.8, 4) is 5.75 Å². The first kappa shape index (κ1) is 15.6. The molecule has 0 saturated carbocycles. The van der Waals surface area contributed by atoms with Gasteiger partial charge in [0, 0.05) is 10.2 Å². The molecule has 0 unspecified atom stereocenters. The SMILES string of the molecule is Cc1ccc(C)c(NC(=O)CCOc2cccc(Br)c2)c1. The predicted molar refractivity (Wildman–Crippen MR) is 88.8 cm³/mol. The zero-order valence-electron chi connectivity index (χ0n) is 12.2. The highest BCUT2D eigenvalue weighted by molar-refractivity contribution is 9.10. The Kier molecular flexibility index (Phi) is 5.39. The lowest BCUT2D eigenvalue weighted by Gasteiger charge is -2.10. The van der Waals surface area contributed by atoms with Gasteiger partial charge in [0.2, 0.25) is 5.91 Å². The second-order valence-electron chi connectivity index (χ2n) is 4.92. The molecule has 4 heteroatoms. The number of benzene rings is 2. The summed E-state index contributed by atoms with van der Waals surface area (Å²) in [6.45, 7) is 4.34. The van der Waals surface area contributed by atoms with Gasteiger partial charge in [-0.1, -0.05) is 34.1 Å². The Bertz CT molecular complexity index is 640. The summed E-state index contributed by atoms with van der Waals surface area (Å²) in [5.74, 6) is 0.711. The van der Waals surface area contributed by atoms with Gasteiger partial charge in [0.15, 0.2) is 0 Å². The Labute approximate surface area is 133 Å². The van der Waals surface area contributed by atoms with Crippen molar-refractivity contribution in [1.29, 1.82) is 0 Å². The van der Waals surface area contributed by atoms with Crippen LogP contribution in [0.25, 0.3) is 0 Å². The van der Waals surface area contributed by atoms with Crippen LogP contribution in [-0.4, -0.2) is 12.5 Å². The van der Waals surface area contributed by atoms with E-state index >= 15 is 0 Å². The fourth-order valence-electron chi connectivity index (χ4n) is 1.90. The lowest BCUT2D eigenvalue weighted by atomic mass is 10.1. The molecular weight excluding hydrogens is 330 g/mol. The topological polar surface area (TPSA) is 38.3 Å². The number of aryl methyl sites for hydroxylation is 2. The van der Waals surface area contributed by atoms with E-state index in [1.807, 2.05) is 56.3 Å². The van der Waals surface area contributed by atoms with Crippen LogP contribution in [-0.2, 0) is 4.79 Å². The van der Waals surface area contributed by atoms with E-state index in [1.165, 1.54) is 0 Å². The zero-order valence-corrected chi connectivity index (χ0v) is 13.7. The van der Waals surface area contributed by atoms with E-state index in [1.54, 1.807) is 0 Å². The summed E-state index contributed by atoms with van der Waals surface area (Å²) < 4.78 is 6.52. The highest BCUT2D eigenvalue weighted by Crippen LogP contribution is 2.18. The Morgan fingerprint density at radius 1 is 1.19 bits per heavy atom. The monoisotopic (exact) mass is 347 g/mol. The Hall–Kier alpha value is -1.81. The van der Waals surface area contributed by atoms with Gasteiger partial charge in [-0.3, -0.25) is 4.79 Å². The fourth-order valence-corrected chi connectivity index (χ4v) is 2.28. The van der Waals surface area contributed by atoms with E-state index < -0.39 is 0 Å². The average molecular weight is 348 g/mol. The number of ether oxygens (including phenoxy) is 1. The molecule has 0 bridgehead atoms. The van der Waals surface area contributed by atoms with Gasteiger partial charge in [-0.25, -0.2) is 0 Å². The first-order valence-electron chi connectivity index (χ1n) is 6.80. The van der Waals surface area contributed by atoms with Crippen LogP contribution in [0.5, 0.6) is 5.75 Å². The molecule has 0 saturated heterocycles. The van der Waals surface area contributed by atoms with Crippen LogP contribution < -0.4 is 10.1 Å². The third-order valence-corrected chi connectivity index (χ3v) is 3.55. The third kappa shape index (κ3) is 4.90. The lowest BCUT2D eigenvalue weighted by Crippen LogP contribution is -2.16. The molecule has 0 spiro atoms. The summed E-state index contributed by atoms with van der Waals surface area (Å²) in [5.41, 5.74) is 3.05. The molecule has 1 amide bonds. The average Bonchev–Trinajstić information content (AvgIpc) is 2.43. The van der Waals surface area contributed by atoms with Crippen LogP contribution in [0.15, 0.2) is 46.9 Å². The van der Waals surface area contributed by atoms with Gasteiger partial charge < -0.3 is 10.1 Å². The van der Waals surface area contributed by atoms with Crippen LogP contribution >= 0.6 is 15.9 Å². The number of hydrogen-bond acceptors (Lipinski definition) is 2. The minimum Gasteiger partial charge on any atom is -0.493 e. The summed E-state index contributed by atoms with van der Waals surface area (Å²) in [6.07, 6.45) is 0.319. The van der Waals surface area contributed by atoms with Gasteiger partial charge in [0.25, 0.3) is 0 Å². The number of anilines is 1. The quantitative estimate of drug-likeness (QED) is 0.866. The van der Waals surface area contributed by atoms with Gasteiger partial charge in [0.1, 0.15) is 5.75 Å². The highest BCUT2D eigenvalue weighted by Gasteiger charge is 2.05. The van der Waals surface area contributed by atoms with Crippen molar-refractivity contribution >= 4 is 27.5 Å². The molecule has 2 rings (SSSR count). The molecule has 2 aromatic rings. The van der Waals surface area contributed by atoms with Crippen LogP contribution in [0.1, 0.15) is 17.5 Å². The standard InChI is InChI=1S/C17H18BrNO2/c1-12-6-7-13(2)16(10-12)19-17(20)8-9-21-15-5-3-4-14(18)11-15/h3-7,10-11H,8-9H2,1-2H3,(H,19,20). The van der Waals surface area contributed by atoms with Crippen molar-refractivity contribution in [1.82, 2.24) is 0 Å². The second-order valence-corrected chi connectivity index (χ2v) is 5.84. The second kappa shape index (κ2) is 7.27. The van der Waals surface area contributed by atoms with Crippen LogP contribution in [0.2, 0.25) is 0 Å². The zero-order chi connectivity index (χ0) is 15.2. The van der Waals surface area contributed by atoms with Gasteiger partial charge in [-0.2, -0.15) is 0 Å². The van der Waals surface area contributed by atoms with E-state index in [4.69, 9.17) is 4.74 Å². The van der Waals surface area contributed by atoms with Crippen LogP contribution in [0, 0.1) is 13.8 Å². The molecular formula is C17H18BrNO2. The maximum Gasteiger partial charge on any atom is 0.227 e. The van der Waals surface area contributed by atoms with Gasteiger partial charge in [0.05, 0.1) is 13.0 Å². The summed E-state index contributed by atoms with van der Waals surface area (Å²) >= 11 is 3.38. The van der Waals surface area contributed by atoms with Crippen LogP contribution in [0.4, 0.5) is 5.69 Å². The fraction of sp³-hybridized carbons (Fsp3) is 0.235. The van der Waals surface area contributed by atoms with Gasteiger partial charge >= 0.3 is 0 Å². The minimum absolute atomic E-state index is 0.0429. The van der Waals surface area contributed by atoms with Crippen molar-refractivity contribution in [2.75, 3.05) is 11.9 Å². The van der Waals surface area contributed by atoms with E-state index in [9.17, 15) is 4.79 Å². The molecule has 0 atom stereocenters. The summed E-state index contributed by atoms with van der Waals surface area (Å²) in [7, 11) is 0. The smallest absolute Gasteiger partial charge is 0.227 e. The maximum atomic E-state index is 11.9. The number of nitrogens with one attached hydrogen (secondary N) is 1. The number of carbonyl (C=O) groups excluding carboxylic acids is 1. The maximum absolute atomic E-state index is 11.9. The largest absolute Gasteiger partial charge is 0.493 e. The van der Waals surface area contributed by atoms with Crippen LogP contribution in [0.3, 0.4) is 0 Å². The first-order valence-corrected chi connectivity index (χ1v) is 7.59. The molecule has 0 aliphatic carbocycles. The van der Waals surface area contributed by atoms with Gasteiger partial charge in [-0.05, 0) is 49.2 Å². The molecule has 1 N–H and O–H groups in total. The van der Waals surface area contributed by atoms with E-state index in [2.05, 4.69) is 21.2 Å². The van der Waals surface area contributed by atoms with Gasteiger partial charge in [-0.15, -0.1) is 0 Å². The van der Waals surface area contributed by atoms with E-state index in [-0.39, 0.29) is 5.91 Å². The molecule has 0 heterocycles. The Balaban J connectivity index is 1.84.